The smallest absolute Gasteiger partial charge is 0.261 e. The molecule has 0 spiro atoms. The Hall–Kier alpha value is -2.34. The number of unbranched alkanes of at least 4 members (excludes halogenated alkanes) is 1. The minimum Gasteiger partial charge on any atom is -0.484 e. The lowest BCUT2D eigenvalue weighted by molar-refractivity contribution is -0.141. The molecule has 0 bridgehead atoms. The van der Waals surface area contributed by atoms with Gasteiger partial charge in [0.15, 0.2) is 6.61 Å². The van der Waals surface area contributed by atoms with E-state index in [0.29, 0.717) is 25.3 Å². The average molecular weight is 489 g/mol. The fourth-order valence-corrected chi connectivity index (χ4v) is 3.55. The van der Waals surface area contributed by atoms with Crippen LogP contribution < -0.4 is 10.1 Å². The van der Waals surface area contributed by atoms with Crippen molar-refractivity contribution in [1.82, 2.24) is 10.2 Å². The van der Waals surface area contributed by atoms with Crippen LogP contribution in [0.25, 0.3) is 0 Å². The van der Waals surface area contributed by atoms with Gasteiger partial charge in [0.2, 0.25) is 5.91 Å². The fourth-order valence-electron chi connectivity index (χ4n) is 3.32. The summed E-state index contributed by atoms with van der Waals surface area (Å²) in [5, 5.41) is 2.93. The third-order valence-corrected chi connectivity index (χ3v) is 6.50. The molecule has 5 nitrogen and oxygen atoms in total. The molecule has 0 aromatic heterocycles. The largest absolute Gasteiger partial charge is 0.484 e. The van der Waals surface area contributed by atoms with Gasteiger partial charge in [0.05, 0.1) is 0 Å². The van der Waals surface area contributed by atoms with Crippen LogP contribution in [0.5, 0.6) is 5.75 Å². The first kappa shape index (κ1) is 24.9. The lowest BCUT2D eigenvalue weighted by Gasteiger charge is -2.28. The molecule has 2 aromatic rings. The van der Waals surface area contributed by atoms with Crippen LogP contribution in [0.2, 0.25) is 0 Å². The molecule has 1 unspecified atom stereocenters. The van der Waals surface area contributed by atoms with E-state index in [-0.39, 0.29) is 18.4 Å². The quantitative estimate of drug-likeness (QED) is 0.461. The first-order chi connectivity index (χ1) is 14.8. The summed E-state index contributed by atoms with van der Waals surface area (Å²) >= 11 is 3.54. The normalized spacial score (nSPS) is 11.6. The Kier molecular flexibility index (Phi) is 10.0. The molecule has 0 saturated carbocycles. The number of carbonyl (C=O) groups excluding carboxylic acids is 2. The molecule has 1 atom stereocenters. The summed E-state index contributed by atoms with van der Waals surface area (Å²) in [7, 11) is 0. The Bertz CT molecular complexity index is 847. The van der Waals surface area contributed by atoms with Gasteiger partial charge in [-0.2, -0.15) is 0 Å². The number of nitrogens with zero attached hydrogens (tertiary/aromatic N) is 1. The predicted molar refractivity (Wildman–Crippen MR) is 128 cm³/mol. The van der Waals surface area contributed by atoms with Gasteiger partial charge in [-0.1, -0.05) is 59.6 Å². The summed E-state index contributed by atoms with van der Waals surface area (Å²) in [5.41, 5.74) is 3.22. The zero-order chi connectivity index (χ0) is 22.8. The van der Waals surface area contributed by atoms with Gasteiger partial charge in [-0.15, -0.1) is 0 Å². The highest BCUT2D eigenvalue weighted by atomic mass is 79.9. The van der Waals surface area contributed by atoms with Gasteiger partial charge >= 0.3 is 0 Å². The molecule has 0 radical (unpaired) electrons. The highest BCUT2D eigenvalue weighted by molar-refractivity contribution is 9.10. The standard InChI is InChI=1S/C25H33BrN2O3/c1-5-6-13-27-25(30)20(4)28(14-12-21-10-8-7-9-11-21)23(29)17-31-22-15-18(2)24(26)19(3)16-22/h7-11,15-16,20H,5-6,12-14,17H2,1-4H3,(H,27,30). The second-order valence-electron chi connectivity index (χ2n) is 7.80. The van der Waals surface area contributed by atoms with Crippen molar-refractivity contribution in [2.24, 2.45) is 0 Å². The van der Waals surface area contributed by atoms with Gasteiger partial charge < -0.3 is 15.0 Å². The van der Waals surface area contributed by atoms with Crippen LogP contribution in [-0.2, 0) is 16.0 Å². The molecule has 0 fully saturated rings. The molecule has 0 aliphatic rings. The number of hydrogen-bond donors (Lipinski definition) is 1. The van der Waals surface area contributed by atoms with Crippen LogP contribution >= 0.6 is 15.9 Å². The van der Waals surface area contributed by atoms with Gasteiger partial charge in [-0.25, -0.2) is 0 Å². The summed E-state index contributed by atoms with van der Waals surface area (Å²) in [6.07, 6.45) is 2.60. The molecule has 0 aliphatic heterocycles. The van der Waals surface area contributed by atoms with Crippen molar-refractivity contribution in [2.75, 3.05) is 19.7 Å². The minimum atomic E-state index is -0.565. The van der Waals surface area contributed by atoms with E-state index in [9.17, 15) is 9.59 Å². The van der Waals surface area contributed by atoms with Crippen LogP contribution in [0.3, 0.4) is 0 Å². The van der Waals surface area contributed by atoms with Crippen LogP contribution in [0.4, 0.5) is 0 Å². The molecule has 0 saturated heterocycles. The molecule has 2 aromatic carbocycles. The summed E-state index contributed by atoms with van der Waals surface area (Å²) < 4.78 is 6.84. The van der Waals surface area contributed by atoms with Gasteiger partial charge in [0, 0.05) is 17.6 Å². The van der Waals surface area contributed by atoms with E-state index in [0.717, 1.165) is 34.0 Å². The van der Waals surface area contributed by atoms with Crippen LogP contribution in [-0.4, -0.2) is 42.5 Å². The SMILES string of the molecule is CCCCNC(=O)C(C)N(CCc1ccccc1)C(=O)COc1cc(C)c(Br)c(C)c1. The van der Waals surface area contributed by atoms with E-state index >= 15 is 0 Å². The van der Waals surface area contributed by atoms with Gasteiger partial charge in [0.1, 0.15) is 11.8 Å². The number of nitrogens with one attached hydrogen (secondary N) is 1. The zero-order valence-corrected chi connectivity index (χ0v) is 20.5. The number of halogens is 1. The predicted octanol–water partition coefficient (Wildman–Crippen LogP) is 4.82. The second kappa shape index (κ2) is 12.5. The summed E-state index contributed by atoms with van der Waals surface area (Å²) in [6, 6.07) is 13.2. The Balaban J connectivity index is 2.08. The van der Waals surface area contributed by atoms with E-state index in [2.05, 4.69) is 28.2 Å². The van der Waals surface area contributed by atoms with Gasteiger partial charge in [0.25, 0.3) is 5.91 Å². The highest BCUT2D eigenvalue weighted by Crippen LogP contribution is 2.26. The molecule has 168 valence electrons. The van der Waals surface area contributed by atoms with Crippen molar-refractivity contribution in [3.8, 4) is 5.75 Å². The summed E-state index contributed by atoms with van der Waals surface area (Å²) in [5.74, 6) is 0.312. The molecular formula is C25H33BrN2O3. The van der Waals surface area contributed by atoms with Crippen molar-refractivity contribution in [3.05, 3.63) is 63.6 Å². The van der Waals surface area contributed by atoms with Crippen molar-refractivity contribution in [3.63, 3.8) is 0 Å². The molecule has 1 N–H and O–H groups in total. The van der Waals surface area contributed by atoms with Gasteiger partial charge in [-0.05, 0) is 62.4 Å². The lowest BCUT2D eigenvalue weighted by atomic mass is 10.1. The number of carbonyl (C=O) groups is 2. The maximum Gasteiger partial charge on any atom is 0.261 e. The van der Waals surface area contributed by atoms with E-state index in [4.69, 9.17) is 4.74 Å². The molecule has 0 heterocycles. The molecule has 0 aliphatic carbocycles. The summed E-state index contributed by atoms with van der Waals surface area (Å²) in [6.45, 7) is 8.79. The van der Waals surface area contributed by atoms with Crippen LogP contribution in [0.1, 0.15) is 43.4 Å². The Morgan fingerprint density at radius 3 is 2.39 bits per heavy atom. The maximum atomic E-state index is 13.1. The number of benzene rings is 2. The third-order valence-electron chi connectivity index (χ3n) is 5.25. The number of ether oxygens (including phenoxy) is 1. The lowest BCUT2D eigenvalue weighted by Crippen LogP contribution is -2.50. The number of aryl methyl sites for hydroxylation is 2. The Morgan fingerprint density at radius 2 is 1.77 bits per heavy atom. The summed E-state index contributed by atoms with van der Waals surface area (Å²) in [4.78, 5) is 27.3. The number of amides is 2. The zero-order valence-electron chi connectivity index (χ0n) is 18.9. The monoisotopic (exact) mass is 488 g/mol. The Morgan fingerprint density at radius 1 is 1.13 bits per heavy atom. The topological polar surface area (TPSA) is 58.6 Å². The molecule has 2 rings (SSSR count). The van der Waals surface area contributed by atoms with E-state index in [1.54, 1.807) is 11.8 Å². The van der Waals surface area contributed by atoms with Crippen molar-refractivity contribution in [1.29, 1.82) is 0 Å². The molecule has 6 heteroatoms. The molecule has 31 heavy (non-hydrogen) atoms. The van der Waals surface area contributed by atoms with E-state index < -0.39 is 6.04 Å². The van der Waals surface area contributed by atoms with Crippen molar-refractivity contribution < 1.29 is 14.3 Å². The van der Waals surface area contributed by atoms with E-state index in [1.807, 2.05) is 56.3 Å². The van der Waals surface area contributed by atoms with Crippen LogP contribution in [0, 0.1) is 13.8 Å². The fraction of sp³-hybridized carbons (Fsp3) is 0.440. The highest BCUT2D eigenvalue weighted by Gasteiger charge is 2.26. The van der Waals surface area contributed by atoms with Crippen LogP contribution in [0.15, 0.2) is 46.9 Å². The van der Waals surface area contributed by atoms with Crippen molar-refractivity contribution >= 4 is 27.7 Å². The maximum absolute atomic E-state index is 13.1. The first-order valence-electron chi connectivity index (χ1n) is 10.8. The Labute approximate surface area is 194 Å². The number of rotatable bonds is 11. The second-order valence-corrected chi connectivity index (χ2v) is 8.60. The molecule has 2 amide bonds. The van der Waals surface area contributed by atoms with E-state index in [1.165, 1.54) is 0 Å². The third kappa shape index (κ3) is 7.69. The first-order valence-corrected chi connectivity index (χ1v) is 11.6. The number of hydrogen-bond acceptors (Lipinski definition) is 3. The average Bonchev–Trinajstić information content (AvgIpc) is 2.76. The van der Waals surface area contributed by atoms with Crippen molar-refractivity contribution in [2.45, 2.75) is 53.0 Å². The van der Waals surface area contributed by atoms with Gasteiger partial charge in [-0.3, -0.25) is 9.59 Å². The molecular weight excluding hydrogens is 456 g/mol. The minimum absolute atomic E-state index is 0.109.